The molecule has 212 valence electrons. The Bertz CT molecular complexity index is 808. The number of piperidine rings is 1. The highest BCUT2D eigenvalue weighted by Gasteiger charge is 2.43. The fourth-order valence-corrected chi connectivity index (χ4v) is 3.71. The summed E-state index contributed by atoms with van der Waals surface area (Å²) in [6.45, 7) is 5.79. The number of methoxy groups -OCH3 is 1. The van der Waals surface area contributed by atoms with Crippen LogP contribution >= 0.6 is 0 Å². The molecule has 0 radical (unpaired) electrons. The van der Waals surface area contributed by atoms with E-state index in [9.17, 15) is 26.3 Å². The number of ether oxygens (including phenoxy) is 2. The van der Waals surface area contributed by atoms with Crippen molar-refractivity contribution in [3.05, 3.63) is 30.1 Å². The fraction of sp³-hybridized carbons (Fsp3) is 0.682. The lowest BCUT2D eigenvalue weighted by molar-refractivity contribution is -0.193. The number of nitrogens with zero attached hydrogens (tertiary/aromatic N) is 3. The van der Waals surface area contributed by atoms with Crippen molar-refractivity contribution in [3.8, 4) is 0 Å². The molecule has 15 heteroatoms. The molecule has 37 heavy (non-hydrogen) atoms. The minimum atomic E-state index is -5.08. The lowest BCUT2D eigenvalue weighted by Gasteiger charge is -2.38. The number of likely N-dealkylation sites (N-methyl/N-ethyl adjacent to an activating group) is 1. The number of aromatic nitrogens is 1. The molecule has 1 atom stereocenters. The summed E-state index contributed by atoms with van der Waals surface area (Å²) in [5.41, 5.74) is 1.26. The summed E-state index contributed by atoms with van der Waals surface area (Å²) < 4.78 is 74.9. The molecule has 2 saturated heterocycles. The molecule has 0 saturated carbocycles. The number of carbonyl (C=O) groups is 2. The Morgan fingerprint density at radius 2 is 1.68 bits per heavy atom. The third-order valence-electron chi connectivity index (χ3n) is 5.83. The fourth-order valence-electron chi connectivity index (χ4n) is 3.71. The summed E-state index contributed by atoms with van der Waals surface area (Å²) in [6.07, 6.45) is -4.87. The number of carboxylic acid groups (broad SMARTS) is 2. The first kappa shape index (κ1) is 32.5. The zero-order chi connectivity index (χ0) is 28.3. The Balaban J connectivity index is 0.000000404. The number of likely N-dealkylation sites (tertiary alicyclic amines) is 1. The predicted octanol–water partition coefficient (Wildman–Crippen LogP) is 3.05. The number of alkyl halides is 6. The third-order valence-corrected chi connectivity index (χ3v) is 5.83. The molecule has 1 unspecified atom stereocenters. The van der Waals surface area contributed by atoms with Crippen molar-refractivity contribution in [2.24, 2.45) is 0 Å². The Morgan fingerprint density at radius 1 is 1.14 bits per heavy atom. The molecular formula is C22H31F6N3O6. The first-order valence-electron chi connectivity index (χ1n) is 11.2. The van der Waals surface area contributed by atoms with Crippen LogP contribution in [0, 0.1) is 0 Å². The van der Waals surface area contributed by atoms with Crippen LogP contribution in [0.3, 0.4) is 0 Å². The van der Waals surface area contributed by atoms with Crippen molar-refractivity contribution in [1.82, 2.24) is 14.8 Å². The van der Waals surface area contributed by atoms with Crippen LogP contribution in [0.5, 0.6) is 0 Å². The number of hydrogen-bond acceptors (Lipinski definition) is 7. The molecule has 2 aliphatic heterocycles. The highest BCUT2D eigenvalue weighted by atomic mass is 19.4. The molecule has 2 aliphatic rings. The molecular weight excluding hydrogens is 516 g/mol. The van der Waals surface area contributed by atoms with Crippen LogP contribution < -0.4 is 0 Å². The van der Waals surface area contributed by atoms with Gasteiger partial charge in [-0.3, -0.25) is 14.8 Å². The van der Waals surface area contributed by atoms with Crippen LogP contribution in [0.4, 0.5) is 26.3 Å². The molecule has 1 spiro atoms. The number of aliphatic carboxylic acids is 2. The highest BCUT2D eigenvalue weighted by molar-refractivity contribution is 5.73. The largest absolute Gasteiger partial charge is 0.490 e. The standard InChI is InChI=1S/C18H29N3O2.2C2HF3O2/c1-20(11-12-22-2)17-13-18(23-15-17)6-9-21(10-7-18)14-16-5-3-4-8-19-16;2*3-2(4,5)1(6)7/h3-5,8,17H,6-7,9-15H2,1-2H3;2*(H,6,7). The van der Waals surface area contributed by atoms with Gasteiger partial charge in [0.15, 0.2) is 0 Å². The average molecular weight is 547 g/mol. The topological polar surface area (TPSA) is 112 Å². The van der Waals surface area contributed by atoms with Crippen molar-refractivity contribution < 1.29 is 55.6 Å². The minimum Gasteiger partial charge on any atom is -0.475 e. The lowest BCUT2D eigenvalue weighted by Crippen LogP contribution is -2.44. The van der Waals surface area contributed by atoms with Crippen molar-refractivity contribution in [1.29, 1.82) is 0 Å². The number of pyridine rings is 1. The maximum atomic E-state index is 10.6. The first-order chi connectivity index (χ1) is 17.1. The highest BCUT2D eigenvalue weighted by Crippen LogP contribution is 2.37. The van der Waals surface area contributed by atoms with Crippen LogP contribution in [0.15, 0.2) is 24.4 Å². The molecule has 1 aromatic heterocycles. The van der Waals surface area contributed by atoms with Gasteiger partial charge in [0.2, 0.25) is 0 Å². The van der Waals surface area contributed by atoms with Gasteiger partial charge in [-0.25, -0.2) is 9.59 Å². The number of carboxylic acids is 2. The van der Waals surface area contributed by atoms with Crippen LogP contribution in [0.25, 0.3) is 0 Å². The van der Waals surface area contributed by atoms with E-state index in [1.54, 1.807) is 7.11 Å². The quantitative estimate of drug-likeness (QED) is 0.519. The van der Waals surface area contributed by atoms with Crippen molar-refractivity contribution >= 4 is 11.9 Å². The molecule has 0 bridgehead atoms. The van der Waals surface area contributed by atoms with Crippen LogP contribution in [-0.2, 0) is 25.6 Å². The van der Waals surface area contributed by atoms with Gasteiger partial charge in [0, 0.05) is 45.5 Å². The van der Waals surface area contributed by atoms with Crippen LogP contribution in [0.2, 0.25) is 0 Å². The van der Waals surface area contributed by atoms with Gasteiger partial charge in [-0.2, -0.15) is 26.3 Å². The molecule has 3 heterocycles. The van der Waals surface area contributed by atoms with E-state index >= 15 is 0 Å². The van der Waals surface area contributed by atoms with E-state index in [2.05, 4.69) is 34.0 Å². The Morgan fingerprint density at radius 3 is 2.11 bits per heavy atom. The van der Waals surface area contributed by atoms with Crippen LogP contribution in [-0.4, -0.2) is 108 Å². The van der Waals surface area contributed by atoms with E-state index in [1.165, 1.54) is 0 Å². The molecule has 0 amide bonds. The molecule has 1 aromatic rings. The molecule has 2 fully saturated rings. The van der Waals surface area contributed by atoms with Crippen molar-refractivity contribution in [2.75, 3.05) is 47.0 Å². The first-order valence-corrected chi connectivity index (χ1v) is 11.2. The molecule has 0 aromatic carbocycles. The van der Waals surface area contributed by atoms with Gasteiger partial charge in [0.25, 0.3) is 0 Å². The molecule has 2 N–H and O–H groups in total. The van der Waals surface area contributed by atoms with E-state index in [-0.39, 0.29) is 5.60 Å². The maximum absolute atomic E-state index is 10.6. The monoisotopic (exact) mass is 547 g/mol. The Kier molecular flexibility index (Phi) is 12.7. The summed E-state index contributed by atoms with van der Waals surface area (Å²) in [6, 6.07) is 6.68. The second-order valence-corrected chi connectivity index (χ2v) is 8.53. The molecule has 3 rings (SSSR count). The number of halogens is 6. The summed E-state index contributed by atoms with van der Waals surface area (Å²) in [5.74, 6) is -5.51. The van der Waals surface area contributed by atoms with E-state index in [4.69, 9.17) is 29.3 Å². The maximum Gasteiger partial charge on any atom is 0.490 e. The van der Waals surface area contributed by atoms with Gasteiger partial charge in [0.05, 0.1) is 24.5 Å². The average Bonchev–Trinajstić information content (AvgIpc) is 3.23. The lowest BCUT2D eigenvalue weighted by atomic mass is 9.87. The second kappa shape index (κ2) is 14.4. The van der Waals surface area contributed by atoms with Crippen LogP contribution in [0.1, 0.15) is 25.0 Å². The number of rotatable bonds is 6. The van der Waals surface area contributed by atoms with Crippen molar-refractivity contribution in [3.63, 3.8) is 0 Å². The van der Waals surface area contributed by atoms with Crippen molar-refractivity contribution in [2.45, 2.75) is 49.8 Å². The smallest absolute Gasteiger partial charge is 0.475 e. The normalized spacial score (nSPS) is 19.5. The Labute approximate surface area is 210 Å². The summed E-state index contributed by atoms with van der Waals surface area (Å²) in [4.78, 5) is 27.1. The van der Waals surface area contributed by atoms with E-state index in [0.717, 1.165) is 64.3 Å². The van der Waals surface area contributed by atoms with E-state index < -0.39 is 24.3 Å². The van der Waals surface area contributed by atoms with Gasteiger partial charge >= 0.3 is 24.3 Å². The van der Waals surface area contributed by atoms with E-state index in [0.29, 0.717) is 6.04 Å². The van der Waals surface area contributed by atoms with Gasteiger partial charge in [0.1, 0.15) is 0 Å². The minimum absolute atomic E-state index is 0.104. The third kappa shape index (κ3) is 12.1. The van der Waals surface area contributed by atoms with E-state index in [1.807, 2.05) is 12.3 Å². The van der Waals surface area contributed by atoms with Gasteiger partial charge in [-0.15, -0.1) is 0 Å². The number of hydrogen-bond donors (Lipinski definition) is 2. The molecule has 9 nitrogen and oxygen atoms in total. The van der Waals surface area contributed by atoms with Gasteiger partial charge in [-0.05, 0) is 38.4 Å². The summed E-state index contributed by atoms with van der Waals surface area (Å²) >= 11 is 0. The zero-order valence-electron chi connectivity index (χ0n) is 20.4. The van der Waals surface area contributed by atoms with Gasteiger partial charge in [-0.1, -0.05) is 6.07 Å². The van der Waals surface area contributed by atoms with Gasteiger partial charge < -0.3 is 19.7 Å². The summed E-state index contributed by atoms with van der Waals surface area (Å²) in [5, 5.41) is 14.2. The zero-order valence-corrected chi connectivity index (χ0v) is 20.4. The SMILES string of the molecule is COCCN(C)C1COC2(CCN(Cc3ccccn3)CC2)C1.O=C(O)C(F)(F)F.O=C(O)C(F)(F)F. The predicted molar refractivity (Wildman–Crippen MR) is 118 cm³/mol. The Hall–Kier alpha value is -2.49. The summed E-state index contributed by atoms with van der Waals surface area (Å²) in [7, 11) is 3.94. The molecule has 0 aliphatic carbocycles. The second-order valence-electron chi connectivity index (χ2n) is 8.53.